The van der Waals surface area contributed by atoms with Crippen molar-refractivity contribution in [1.82, 2.24) is 15.1 Å². The van der Waals surface area contributed by atoms with Crippen LogP contribution in [0.25, 0.3) is 0 Å². The molecule has 0 aromatic heterocycles. The van der Waals surface area contributed by atoms with Gasteiger partial charge in [0.05, 0.1) is 11.5 Å². The fourth-order valence-electron chi connectivity index (χ4n) is 4.61. The molecule has 2 heterocycles. The predicted molar refractivity (Wildman–Crippen MR) is 123 cm³/mol. The quantitative estimate of drug-likeness (QED) is 0.742. The molecule has 2 atom stereocenters. The highest BCUT2D eigenvalue weighted by atomic mass is 19.1. The standard InChI is InChI=1S/C25H28F2N4O3/c1-24(2,3)34-23(33)28-22-29-25(18-11-10-17(26)12-20(18)27)15-31(13-16-8-6-5-7-9-16)14-19(25)21(32)30(22)4/h5-12,19H,13-15H2,1-4H3,(H,28,29,33)/t19-,25+/m0/s1. The van der Waals surface area contributed by atoms with E-state index in [1.165, 1.54) is 24.1 Å². The first-order valence-corrected chi connectivity index (χ1v) is 11.1. The van der Waals surface area contributed by atoms with E-state index in [9.17, 15) is 14.0 Å². The van der Waals surface area contributed by atoms with Gasteiger partial charge in [0.15, 0.2) is 0 Å². The SMILES string of the molecule is CN1C(=O)[C@@H]2CN(Cc3ccccc3)C[C@]2(c2ccc(F)cc2F)N/C1=N/C(=O)OC(C)(C)C. The van der Waals surface area contributed by atoms with Crippen LogP contribution in [0.1, 0.15) is 31.9 Å². The molecule has 2 saturated heterocycles. The highest BCUT2D eigenvalue weighted by molar-refractivity contribution is 6.05. The Morgan fingerprint density at radius 1 is 1.21 bits per heavy atom. The number of nitrogens with zero attached hydrogens (tertiary/aromatic N) is 3. The Bertz CT molecular complexity index is 1130. The van der Waals surface area contributed by atoms with E-state index in [0.29, 0.717) is 13.1 Å². The van der Waals surface area contributed by atoms with Crippen LogP contribution in [0.4, 0.5) is 13.6 Å². The summed E-state index contributed by atoms with van der Waals surface area (Å²) in [5, 5.41) is 3.17. The lowest BCUT2D eigenvalue weighted by Crippen LogP contribution is -2.65. The van der Waals surface area contributed by atoms with Crippen LogP contribution < -0.4 is 5.32 Å². The number of benzene rings is 2. The van der Waals surface area contributed by atoms with Crippen molar-refractivity contribution >= 4 is 18.0 Å². The fraction of sp³-hybridized carbons (Fsp3) is 0.400. The van der Waals surface area contributed by atoms with Gasteiger partial charge in [-0.25, -0.2) is 13.6 Å². The highest BCUT2D eigenvalue weighted by Crippen LogP contribution is 2.42. The molecular weight excluding hydrogens is 442 g/mol. The first-order valence-electron chi connectivity index (χ1n) is 11.1. The largest absolute Gasteiger partial charge is 0.442 e. The zero-order valence-electron chi connectivity index (χ0n) is 19.6. The molecule has 9 heteroatoms. The van der Waals surface area contributed by atoms with Gasteiger partial charge in [-0.05, 0) is 32.4 Å². The Morgan fingerprint density at radius 2 is 1.91 bits per heavy atom. The van der Waals surface area contributed by atoms with Crippen molar-refractivity contribution in [3.63, 3.8) is 0 Å². The van der Waals surface area contributed by atoms with Gasteiger partial charge >= 0.3 is 6.09 Å². The van der Waals surface area contributed by atoms with Gasteiger partial charge in [-0.2, -0.15) is 0 Å². The van der Waals surface area contributed by atoms with Crippen LogP contribution in [0.5, 0.6) is 0 Å². The first-order chi connectivity index (χ1) is 16.0. The van der Waals surface area contributed by atoms with Gasteiger partial charge in [-0.1, -0.05) is 36.4 Å². The second kappa shape index (κ2) is 8.79. The van der Waals surface area contributed by atoms with Crippen LogP contribution in [0.15, 0.2) is 53.5 Å². The molecule has 0 bridgehead atoms. The summed E-state index contributed by atoms with van der Waals surface area (Å²) in [5.74, 6) is -2.52. The van der Waals surface area contributed by atoms with Gasteiger partial charge < -0.3 is 10.1 Å². The number of guanidine groups is 1. The number of nitrogens with one attached hydrogen (secondary N) is 1. The van der Waals surface area contributed by atoms with Crippen molar-refractivity contribution in [3.05, 3.63) is 71.3 Å². The van der Waals surface area contributed by atoms with Crippen molar-refractivity contribution in [2.24, 2.45) is 10.9 Å². The molecule has 0 saturated carbocycles. The molecule has 4 rings (SSSR count). The number of amides is 2. The Balaban J connectivity index is 1.75. The molecule has 34 heavy (non-hydrogen) atoms. The Kier molecular flexibility index (Phi) is 6.16. The normalized spacial score (nSPS) is 24.2. The lowest BCUT2D eigenvalue weighted by atomic mass is 9.78. The third kappa shape index (κ3) is 4.65. The van der Waals surface area contributed by atoms with E-state index in [4.69, 9.17) is 4.74 Å². The zero-order chi connectivity index (χ0) is 24.7. The molecule has 2 aromatic rings. The van der Waals surface area contributed by atoms with Crippen LogP contribution in [-0.4, -0.2) is 53.5 Å². The van der Waals surface area contributed by atoms with E-state index in [1.54, 1.807) is 20.8 Å². The third-order valence-electron chi connectivity index (χ3n) is 6.04. The van der Waals surface area contributed by atoms with Crippen molar-refractivity contribution < 1.29 is 23.1 Å². The minimum absolute atomic E-state index is 0.0409. The molecule has 0 radical (unpaired) electrons. The number of carbonyl (C=O) groups is 2. The topological polar surface area (TPSA) is 74.2 Å². The van der Waals surface area contributed by atoms with Crippen molar-refractivity contribution in [1.29, 1.82) is 0 Å². The number of hydrogen-bond donors (Lipinski definition) is 1. The predicted octanol–water partition coefficient (Wildman–Crippen LogP) is 3.64. The molecule has 180 valence electrons. The average molecular weight is 471 g/mol. The number of aliphatic imine (C=N–C) groups is 1. The monoisotopic (exact) mass is 470 g/mol. The number of likely N-dealkylation sites (tertiary alicyclic amines) is 1. The van der Waals surface area contributed by atoms with Gasteiger partial charge in [0, 0.05) is 38.3 Å². The number of halogens is 2. The van der Waals surface area contributed by atoms with Gasteiger partial charge in [0.25, 0.3) is 0 Å². The smallest absolute Gasteiger partial charge is 0.437 e. The Morgan fingerprint density at radius 3 is 2.56 bits per heavy atom. The van der Waals surface area contributed by atoms with Gasteiger partial charge in [0.1, 0.15) is 17.2 Å². The second-order valence-electron chi connectivity index (χ2n) is 9.74. The Labute approximate surface area is 197 Å². The number of ether oxygens (including phenoxy) is 1. The molecule has 1 N–H and O–H groups in total. The second-order valence-corrected chi connectivity index (χ2v) is 9.74. The van der Waals surface area contributed by atoms with Gasteiger partial charge in [-0.15, -0.1) is 4.99 Å². The summed E-state index contributed by atoms with van der Waals surface area (Å²) >= 11 is 0. The molecule has 2 fully saturated rings. The third-order valence-corrected chi connectivity index (χ3v) is 6.04. The molecule has 0 aliphatic carbocycles. The summed E-state index contributed by atoms with van der Waals surface area (Å²) in [4.78, 5) is 33.1. The van der Waals surface area contributed by atoms with Crippen LogP contribution in [0, 0.1) is 17.6 Å². The molecule has 0 spiro atoms. The Hall–Kier alpha value is -3.33. The summed E-state index contributed by atoms with van der Waals surface area (Å²) in [6, 6.07) is 13.0. The van der Waals surface area contributed by atoms with Crippen molar-refractivity contribution in [2.45, 2.75) is 38.5 Å². The summed E-state index contributed by atoms with van der Waals surface area (Å²) in [6.45, 7) is 6.26. The molecule has 2 aliphatic rings. The minimum Gasteiger partial charge on any atom is -0.442 e. The minimum atomic E-state index is -1.24. The van der Waals surface area contributed by atoms with E-state index in [2.05, 4.69) is 10.3 Å². The molecule has 2 aromatic carbocycles. The van der Waals surface area contributed by atoms with Crippen LogP contribution >= 0.6 is 0 Å². The maximum absolute atomic E-state index is 15.1. The number of hydrogen-bond acceptors (Lipinski definition) is 4. The van der Waals surface area contributed by atoms with Crippen LogP contribution in [0.2, 0.25) is 0 Å². The highest BCUT2D eigenvalue weighted by Gasteiger charge is 2.57. The summed E-state index contributed by atoms with van der Waals surface area (Å²) in [6.07, 6.45) is -0.873. The molecule has 7 nitrogen and oxygen atoms in total. The van der Waals surface area contributed by atoms with Crippen molar-refractivity contribution in [3.8, 4) is 0 Å². The number of carbonyl (C=O) groups excluding carboxylic acids is 2. The fourth-order valence-corrected chi connectivity index (χ4v) is 4.61. The lowest BCUT2D eigenvalue weighted by Gasteiger charge is -2.43. The molecule has 2 amide bonds. The number of rotatable bonds is 3. The van der Waals surface area contributed by atoms with E-state index < -0.39 is 34.8 Å². The number of fused-ring (bicyclic) bond motifs is 1. The average Bonchev–Trinajstić information content (AvgIpc) is 3.10. The first kappa shape index (κ1) is 23.8. The van der Waals surface area contributed by atoms with E-state index >= 15 is 4.39 Å². The van der Waals surface area contributed by atoms with Gasteiger partial charge in [-0.3, -0.25) is 14.6 Å². The van der Waals surface area contributed by atoms with E-state index in [1.807, 2.05) is 35.2 Å². The van der Waals surface area contributed by atoms with Crippen molar-refractivity contribution in [2.75, 3.05) is 20.1 Å². The summed E-state index contributed by atoms with van der Waals surface area (Å²) < 4.78 is 34.1. The van der Waals surface area contributed by atoms with E-state index in [0.717, 1.165) is 11.6 Å². The summed E-state index contributed by atoms with van der Waals surface area (Å²) in [7, 11) is 1.50. The van der Waals surface area contributed by atoms with Crippen LogP contribution in [-0.2, 0) is 21.6 Å². The lowest BCUT2D eigenvalue weighted by molar-refractivity contribution is -0.134. The molecule has 2 aliphatic heterocycles. The van der Waals surface area contributed by atoms with Gasteiger partial charge in [0.2, 0.25) is 11.9 Å². The molecule has 0 unspecified atom stereocenters. The van der Waals surface area contributed by atoms with E-state index in [-0.39, 0.29) is 24.0 Å². The summed E-state index contributed by atoms with van der Waals surface area (Å²) in [5.41, 5.74) is -0.828. The maximum Gasteiger partial charge on any atom is 0.437 e. The zero-order valence-corrected chi connectivity index (χ0v) is 19.6. The van der Waals surface area contributed by atoms with Crippen LogP contribution in [0.3, 0.4) is 0 Å². The maximum atomic E-state index is 15.1. The molecular formula is C25H28F2N4O3.